The van der Waals surface area contributed by atoms with Gasteiger partial charge in [0.1, 0.15) is 0 Å². The summed E-state index contributed by atoms with van der Waals surface area (Å²) in [7, 11) is 0. The zero-order valence-electron chi connectivity index (χ0n) is 11.7. The summed E-state index contributed by atoms with van der Waals surface area (Å²) in [6.07, 6.45) is 1.02. The number of rotatable bonds is 3. The van der Waals surface area contributed by atoms with Crippen LogP contribution < -0.4 is 11.1 Å². The van der Waals surface area contributed by atoms with E-state index in [1.54, 1.807) is 0 Å². The van der Waals surface area contributed by atoms with Gasteiger partial charge in [0.2, 0.25) is 0 Å². The molecule has 1 amide bonds. The summed E-state index contributed by atoms with van der Waals surface area (Å²) < 4.78 is 5.29. The Morgan fingerprint density at radius 1 is 1.55 bits per heavy atom. The van der Waals surface area contributed by atoms with Gasteiger partial charge < -0.3 is 15.8 Å². The maximum absolute atomic E-state index is 12.1. The van der Waals surface area contributed by atoms with Crippen LogP contribution in [0.1, 0.15) is 27.9 Å². The van der Waals surface area contributed by atoms with E-state index in [2.05, 4.69) is 17.2 Å². The zero-order valence-corrected chi connectivity index (χ0v) is 11.7. The van der Waals surface area contributed by atoms with E-state index in [-0.39, 0.29) is 5.91 Å². The van der Waals surface area contributed by atoms with Gasteiger partial charge in [0, 0.05) is 30.2 Å². The number of carbonyl (C=O) groups is 1. The van der Waals surface area contributed by atoms with Crippen molar-refractivity contribution in [2.24, 2.45) is 11.7 Å². The molecule has 3 N–H and O–H groups in total. The molecule has 4 nitrogen and oxygen atoms in total. The third-order valence-electron chi connectivity index (χ3n) is 3.40. The Bertz CT molecular complexity index is 537. The molecule has 2 rings (SSSR count). The summed E-state index contributed by atoms with van der Waals surface area (Å²) in [4.78, 5) is 12.1. The van der Waals surface area contributed by atoms with E-state index >= 15 is 0 Å². The highest BCUT2D eigenvalue weighted by molar-refractivity contribution is 5.94. The zero-order chi connectivity index (χ0) is 14.4. The number of nitrogens with two attached hydrogens (primary N) is 1. The van der Waals surface area contributed by atoms with Crippen LogP contribution in [-0.4, -0.2) is 32.2 Å². The predicted molar refractivity (Wildman–Crippen MR) is 78.4 cm³/mol. The van der Waals surface area contributed by atoms with Crippen LogP contribution >= 0.6 is 0 Å². The molecule has 1 saturated heterocycles. The first kappa shape index (κ1) is 14.6. The van der Waals surface area contributed by atoms with Gasteiger partial charge in [-0.1, -0.05) is 17.9 Å². The molecule has 1 atom stereocenters. The minimum Gasteiger partial charge on any atom is -0.381 e. The number of ether oxygens (including phenoxy) is 1. The highest BCUT2D eigenvalue weighted by atomic mass is 16.5. The molecule has 1 heterocycles. The van der Waals surface area contributed by atoms with Crippen LogP contribution in [0.3, 0.4) is 0 Å². The van der Waals surface area contributed by atoms with Gasteiger partial charge in [-0.2, -0.15) is 0 Å². The fraction of sp³-hybridized carbons (Fsp3) is 0.438. The minimum atomic E-state index is -0.0623. The van der Waals surface area contributed by atoms with Gasteiger partial charge in [0.15, 0.2) is 0 Å². The molecule has 20 heavy (non-hydrogen) atoms. The molecule has 0 spiro atoms. The second-order valence-electron chi connectivity index (χ2n) is 4.98. The first-order chi connectivity index (χ1) is 9.70. The van der Waals surface area contributed by atoms with E-state index in [0.29, 0.717) is 24.6 Å². The number of aryl methyl sites for hydroxylation is 1. The van der Waals surface area contributed by atoms with Crippen LogP contribution in [0.2, 0.25) is 0 Å². The van der Waals surface area contributed by atoms with Crippen LogP contribution in [0, 0.1) is 24.7 Å². The first-order valence-corrected chi connectivity index (χ1v) is 6.86. The summed E-state index contributed by atoms with van der Waals surface area (Å²) in [5.74, 6) is 6.18. The maximum atomic E-state index is 12.1. The molecular weight excluding hydrogens is 252 g/mol. The van der Waals surface area contributed by atoms with E-state index in [1.165, 1.54) is 0 Å². The van der Waals surface area contributed by atoms with Gasteiger partial charge >= 0.3 is 0 Å². The largest absolute Gasteiger partial charge is 0.381 e. The molecule has 1 aliphatic rings. The normalized spacial score (nSPS) is 17.4. The smallest absolute Gasteiger partial charge is 0.251 e. The van der Waals surface area contributed by atoms with Crippen molar-refractivity contribution in [1.82, 2.24) is 5.32 Å². The summed E-state index contributed by atoms with van der Waals surface area (Å²) in [6.45, 7) is 4.48. The Morgan fingerprint density at radius 3 is 3.10 bits per heavy atom. The summed E-state index contributed by atoms with van der Waals surface area (Å²) in [6, 6.07) is 5.55. The third kappa shape index (κ3) is 3.83. The second-order valence-corrected chi connectivity index (χ2v) is 4.98. The fourth-order valence-electron chi connectivity index (χ4n) is 2.13. The number of carbonyl (C=O) groups excluding carboxylic acids is 1. The molecular formula is C16H20N2O2. The first-order valence-electron chi connectivity index (χ1n) is 6.86. The van der Waals surface area contributed by atoms with Gasteiger partial charge in [-0.05, 0) is 31.0 Å². The average molecular weight is 272 g/mol. The Morgan fingerprint density at radius 2 is 2.40 bits per heavy atom. The number of nitrogens with one attached hydrogen (secondary N) is 1. The molecule has 0 saturated carbocycles. The molecule has 0 bridgehead atoms. The minimum absolute atomic E-state index is 0.0623. The highest BCUT2D eigenvalue weighted by Gasteiger charge is 2.16. The molecule has 0 aromatic heterocycles. The van der Waals surface area contributed by atoms with Crippen LogP contribution in [0.5, 0.6) is 0 Å². The molecule has 1 fully saturated rings. The fourth-order valence-corrected chi connectivity index (χ4v) is 2.13. The lowest BCUT2D eigenvalue weighted by molar-refractivity contribution is 0.0945. The third-order valence-corrected chi connectivity index (χ3v) is 3.40. The molecule has 1 aliphatic heterocycles. The standard InChI is InChI=1S/C16H20N2O2/c1-12-4-5-15(9-14(12)3-2-7-17)16(19)18-10-13-6-8-20-11-13/h4-5,9,13H,6-8,10-11,17H2,1H3,(H,18,19). The number of amides is 1. The van der Waals surface area contributed by atoms with E-state index in [9.17, 15) is 4.79 Å². The van der Waals surface area contributed by atoms with Crippen molar-refractivity contribution >= 4 is 5.91 Å². The van der Waals surface area contributed by atoms with Crippen LogP contribution in [0.15, 0.2) is 18.2 Å². The van der Waals surface area contributed by atoms with Gasteiger partial charge in [-0.15, -0.1) is 0 Å². The number of benzene rings is 1. The topological polar surface area (TPSA) is 64.3 Å². The van der Waals surface area contributed by atoms with E-state index in [0.717, 1.165) is 30.8 Å². The molecule has 1 unspecified atom stereocenters. The lowest BCUT2D eigenvalue weighted by Crippen LogP contribution is -2.29. The van der Waals surface area contributed by atoms with Crippen molar-refractivity contribution in [2.45, 2.75) is 13.3 Å². The predicted octanol–water partition coefficient (Wildman–Crippen LogP) is 1.07. The van der Waals surface area contributed by atoms with Crippen LogP contribution in [-0.2, 0) is 4.74 Å². The maximum Gasteiger partial charge on any atom is 0.251 e. The molecule has 4 heteroatoms. The Kier molecular flexibility index (Phi) is 5.16. The van der Waals surface area contributed by atoms with Crippen molar-refractivity contribution in [3.63, 3.8) is 0 Å². The Balaban J connectivity index is 2.01. The van der Waals surface area contributed by atoms with Crippen molar-refractivity contribution in [3.05, 3.63) is 34.9 Å². The van der Waals surface area contributed by atoms with Crippen molar-refractivity contribution < 1.29 is 9.53 Å². The van der Waals surface area contributed by atoms with Crippen molar-refractivity contribution in [1.29, 1.82) is 0 Å². The van der Waals surface area contributed by atoms with Gasteiger partial charge in [0.25, 0.3) is 5.91 Å². The van der Waals surface area contributed by atoms with Gasteiger partial charge in [0.05, 0.1) is 13.2 Å². The SMILES string of the molecule is Cc1ccc(C(=O)NCC2CCOC2)cc1C#CCN. The van der Waals surface area contributed by atoms with E-state index in [1.807, 2.05) is 25.1 Å². The Labute approximate surface area is 119 Å². The molecule has 1 aromatic rings. The number of hydrogen-bond donors (Lipinski definition) is 2. The van der Waals surface area contributed by atoms with E-state index in [4.69, 9.17) is 10.5 Å². The summed E-state index contributed by atoms with van der Waals surface area (Å²) in [5, 5.41) is 2.95. The lowest BCUT2D eigenvalue weighted by Gasteiger charge is -2.10. The molecule has 106 valence electrons. The molecule has 0 aliphatic carbocycles. The number of hydrogen-bond acceptors (Lipinski definition) is 3. The Hall–Kier alpha value is -1.83. The van der Waals surface area contributed by atoms with Gasteiger partial charge in [-0.25, -0.2) is 0 Å². The van der Waals surface area contributed by atoms with E-state index < -0.39 is 0 Å². The van der Waals surface area contributed by atoms with Crippen LogP contribution in [0.25, 0.3) is 0 Å². The molecule has 0 radical (unpaired) electrons. The average Bonchev–Trinajstić information content (AvgIpc) is 2.97. The van der Waals surface area contributed by atoms with Crippen molar-refractivity contribution in [3.8, 4) is 11.8 Å². The van der Waals surface area contributed by atoms with Crippen LogP contribution in [0.4, 0.5) is 0 Å². The quantitative estimate of drug-likeness (QED) is 0.809. The summed E-state index contributed by atoms with van der Waals surface area (Å²) >= 11 is 0. The lowest BCUT2D eigenvalue weighted by atomic mass is 10.0. The highest BCUT2D eigenvalue weighted by Crippen LogP contribution is 2.12. The van der Waals surface area contributed by atoms with Crippen molar-refractivity contribution in [2.75, 3.05) is 26.3 Å². The molecule has 1 aromatic carbocycles. The van der Waals surface area contributed by atoms with Gasteiger partial charge in [-0.3, -0.25) is 4.79 Å². The summed E-state index contributed by atoms with van der Waals surface area (Å²) in [5.41, 5.74) is 7.91. The monoisotopic (exact) mass is 272 g/mol. The second kappa shape index (κ2) is 7.09.